The molecule has 0 aliphatic carbocycles. The predicted octanol–water partition coefficient (Wildman–Crippen LogP) is 2.78. The van der Waals surface area contributed by atoms with Crippen molar-refractivity contribution in [3.05, 3.63) is 23.5 Å². The number of hydrogen-bond donors (Lipinski definition) is 1. The molecule has 0 amide bonds. The summed E-state index contributed by atoms with van der Waals surface area (Å²) in [4.78, 5) is 4.53. The van der Waals surface area contributed by atoms with Gasteiger partial charge in [-0.1, -0.05) is 13.8 Å². The number of anilines is 1. The molecule has 19 heavy (non-hydrogen) atoms. The van der Waals surface area contributed by atoms with Gasteiger partial charge in [-0.3, -0.25) is 4.90 Å². The molecule has 1 aromatic heterocycles. The van der Waals surface area contributed by atoms with Crippen LogP contribution in [0.5, 0.6) is 0 Å². The third kappa shape index (κ3) is 3.56. The maximum absolute atomic E-state index is 13.3. The number of halogens is 4. The Morgan fingerprint density at radius 1 is 1.05 bits per heavy atom. The first-order valence-corrected chi connectivity index (χ1v) is 6.10. The van der Waals surface area contributed by atoms with Gasteiger partial charge >= 0.3 is 0 Å². The normalized spacial score (nSPS) is 12.8. The molecule has 108 valence electrons. The van der Waals surface area contributed by atoms with Crippen molar-refractivity contribution in [2.24, 2.45) is 0 Å². The lowest BCUT2D eigenvalue weighted by atomic mass is 10.2. The molecule has 0 aliphatic heterocycles. The Hall–Kier alpha value is -1.37. The van der Waals surface area contributed by atoms with Gasteiger partial charge in [0.25, 0.3) is 11.9 Å². The number of rotatable bonds is 6. The Kier molecular flexibility index (Phi) is 5.53. The molecule has 1 rings (SSSR count). The lowest BCUT2D eigenvalue weighted by molar-refractivity contribution is 0.240. The molecule has 1 N–H and O–H groups in total. The maximum Gasteiger partial charge on any atom is 0.253 e. The summed E-state index contributed by atoms with van der Waals surface area (Å²) < 4.78 is 52.5. The topological polar surface area (TPSA) is 28.2 Å². The molecule has 0 saturated carbocycles. The molecule has 7 heteroatoms. The second-order valence-electron chi connectivity index (χ2n) is 4.15. The van der Waals surface area contributed by atoms with Crippen LogP contribution >= 0.6 is 0 Å². The van der Waals surface area contributed by atoms with E-state index in [0.717, 1.165) is 13.1 Å². The Morgan fingerprint density at radius 2 is 1.53 bits per heavy atom. The molecule has 3 nitrogen and oxygen atoms in total. The predicted molar refractivity (Wildman–Crippen MR) is 64.9 cm³/mol. The van der Waals surface area contributed by atoms with Gasteiger partial charge in [-0.05, 0) is 20.0 Å². The molecule has 0 spiro atoms. The van der Waals surface area contributed by atoms with Crippen LogP contribution in [0.25, 0.3) is 0 Å². The summed E-state index contributed by atoms with van der Waals surface area (Å²) in [5.41, 5.74) is -0.816. The van der Waals surface area contributed by atoms with Gasteiger partial charge in [0.05, 0.1) is 0 Å². The van der Waals surface area contributed by atoms with Crippen molar-refractivity contribution in [3.8, 4) is 0 Å². The SMILES string of the molecule is CCN(CC)C(C)CNc1c(F)c(F)nc(F)c1F. The summed E-state index contributed by atoms with van der Waals surface area (Å²) in [6.07, 6.45) is 0. The van der Waals surface area contributed by atoms with Crippen LogP contribution in [-0.4, -0.2) is 35.6 Å². The first-order chi connectivity index (χ1) is 8.92. The minimum atomic E-state index is -1.66. The molecule has 1 unspecified atom stereocenters. The van der Waals surface area contributed by atoms with Crippen LogP contribution in [0.4, 0.5) is 23.2 Å². The van der Waals surface area contributed by atoms with Crippen molar-refractivity contribution in [3.63, 3.8) is 0 Å². The van der Waals surface area contributed by atoms with Crippen LogP contribution in [0.3, 0.4) is 0 Å². The second kappa shape index (κ2) is 6.70. The van der Waals surface area contributed by atoms with E-state index in [0.29, 0.717) is 0 Å². The van der Waals surface area contributed by atoms with Crippen molar-refractivity contribution in [2.75, 3.05) is 25.0 Å². The van der Waals surface area contributed by atoms with Crippen LogP contribution < -0.4 is 5.32 Å². The largest absolute Gasteiger partial charge is 0.378 e. The molecular weight excluding hydrogens is 262 g/mol. The monoisotopic (exact) mass is 279 g/mol. The molecule has 1 heterocycles. The minimum Gasteiger partial charge on any atom is -0.378 e. The van der Waals surface area contributed by atoms with Gasteiger partial charge in [-0.25, -0.2) is 0 Å². The summed E-state index contributed by atoms with van der Waals surface area (Å²) in [5.74, 6) is -6.33. The third-order valence-corrected chi connectivity index (χ3v) is 3.01. The van der Waals surface area contributed by atoms with E-state index in [2.05, 4.69) is 10.3 Å². The number of nitrogens with one attached hydrogen (secondary N) is 1. The van der Waals surface area contributed by atoms with Crippen molar-refractivity contribution in [1.82, 2.24) is 9.88 Å². The first kappa shape index (κ1) is 15.7. The van der Waals surface area contributed by atoms with Crippen LogP contribution in [0.15, 0.2) is 0 Å². The Balaban J connectivity index is 2.83. The van der Waals surface area contributed by atoms with E-state index in [-0.39, 0.29) is 12.6 Å². The van der Waals surface area contributed by atoms with Crippen LogP contribution in [0.1, 0.15) is 20.8 Å². The smallest absolute Gasteiger partial charge is 0.253 e. The standard InChI is InChI=1S/C12H17F4N3/c1-4-19(5-2)7(3)6-17-10-8(13)11(15)18-12(16)9(10)14/h7H,4-6H2,1-3H3,(H,17,18). The van der Waals surface area contributed by atoms with E-state index in [1.807, 2.05) is 25.7 Å². The summed E-state index contributed by atoms with van der Waals surface area (Å²) >= 11 is 0. The zero-order valence-electron chi connectivity index (χ0n) is 11.1. The minimum absolute atomic E-state index is 0.0342. The fourth-order valence-corrected chi connectivity index (χ4v) is 1.87. The fourth-order valence-electron chi connectivity index (χ4n) is 1.87. The third-order valence-electron chi connectivity index (χ3n) is 3.01. The molecule has 0 radical (unpaired) electrons. The van der Waals surface area contributed by atoms with Crippen molar-refractivity contribution >= 4 is 5.69 Å². The van der Waals surface area contributed by atoms with Crippen molar-refractivity contribution in [2.45, 2.75) is 26.8 Å². The van der Waals surface area contributed by atoms with Gasteiger partial charge in [0.1, 0.15) is 5.69 Å². The van der Waals surface area contributed by atoms with E-state index in [9.17, 15) is 17.6 Å². The van der Waals surface area contributed by atoms with Gasteiger partial charge in [0.2, 0.25) is 11.6 Å². The number of likely N-dealkylation sites (N-methyl/N-ethyl adjacent to an activating group) is 1. The average Bonchev–Trinajstić information content (AvgIpc) is 2.38. The number of hydrogen-bond acceptors (Lipinski definition) is 3. The Morgan fingerprint density at radius 3 is 1.95 bits per heavy atom. The van der Waals surface area contributed by atoms with Crippen molar-refractivity contribution in [1.29, 1.82) is 0 Å². The molecular formula is C12H17F4N3. The number of nitrogens with zero attached hydrogens (tertiary/aromatic N) is 2. The highest BCUT2D eigenvalue weighted by Gasteiger charge is 2.21. The second-order valence-corrected chi connectivity index (χ2v) is 4.15. The van der Waals surface area contributed by atoms with Crippen LogP contribution in [-0.2, 0) is 0 Å². The fraction of sp³-hybridized carbons (Fsp3) is 0.583. The molecule has 0 aliphatic rings. The summed E-state index contributed by atoms with van der Waals surface area (Å²) in [6, 6.07) is -0.0342. The molecule has 0 saturated heterocycles. The van der Waals surface area contributed by atoms with E-state index < -0.39 is 29.2 Å². The highest BCUT2D eigenvalue weighted by Crippen LogP contribution is 2.22. The summed E-state index contributed by atoms with van der Waals surface area (Å²) in [5, 5.41) is 2.40. The molecule has 0 bridgehead atoms. The zero-order chi connectivity index (χ0) is 14.6. The van der Waals surface area contributed by atoms with Gasteiger partial charge < -0.3 is 5.32 Å². The number of aromatic nitrogens is 1. The molecule has 0 aromatic carbocycles. The zero-order valence-corrected chi connectivity index (χ0v) is 11.1. The quantitative estimate of drug-likeness (QED) is 0.641. The van der Waals surface area contributed by atoms with E-state index in [4.69, 9.17) is 0 Å². The number of pyridine rings is 1. The average molecular weight is 279 g/mol. The van der Waals surface area contributed by atoms with Gasteiger partial charge in [0.15, 0.2) is 0 Å². The Labute approximate surface area is 109 Å². The highest BCUT2D eigenvalue weighted by molar-refractivity contribution is 5.45. The van der Waals surface area contributed by atoms with E-state index >= 15 is 0 Å². The van der Waals surface area contributed by atoms with Gasteiger partial charge in [0, 0.05) is 12.6 Å². The maximum atomic E-state index is 13.3. The van der Waals surface area contributed by atoms with E-state index in [1.54, 1.807) is 0 Å². The Bertz CT molecular complexity index is 409. The van der Waals surface area contributed by atoms with Crippen molar-refractivity contribution < 1.29 is 17.6 Å². The summed E-state index contributed by atoms with van der Waals surface area (Å²) in [7, 11) is 0. The summed E-state index contributed by atoms with van der Waals surface area (Å²) in [6.45, 7) is 7.45. The van der Waals surface area contributed by atoms with Gasteiger partial charge in [-0.15, -0.1) is 0 Å². The van der Waals surface area contributed by atoms with Crippen LogP contribution in [0.2, 0.25) is 0 Å². The lowest BCUT2D eigenvalue weighted by Gasteiger charge is -2.26. The van der Waals surface area contributed by atoms with Gasteiger partial charge in [-0.2, -0.15) is 22.5 Å². The highest BCUT2D eigenvalue weighted by atomic mass is 19.2. The molecule has 0 fully saturated rings. The van der Waals surface area contributed by atoms with E-state index in [1.165, 1.54) is 0 Å². The molecule has 1 atom stereocenters. The lowest BCUT2D eigenvalue weighted by Crippen LogP contribution is -2.37. The first-order valence-electron chi connectivity index (χ1n) is 6.10. The van der Waals surface area contributed by atoms with Crippen LogP contribution in [0, 0.1) is 23.5 Å². The molecule has 1 aromatic rings.